The third-order valence-corrected chi connectivity index (χ3v) is 5.09. The highest BCUT2D eigenvalue weighted by molar-refractivity contribution is 5.85. The molecule has 2 aliphatic rings. The van der Waals surface area contributed by atoms with Gasteiger partial charge >= 0.3 is 0 Å². The van der Waals surface area contributed by atoms with Crippen molar-refractivity contribution >= 4 is 22.9 Å². The summed E-state index contributed by atoms with van der Waals surface area (Å²) < 4.78 is 13.1. The normalized spacial score (nSPS) is 19.1. The van der Waals surface area contributed by atoms with Gasteiger partial charge in [-0.05, 0) is 13.8 Å². The van der Waals surface area contributed by atoms with Gasteiger partial charge in [-0.15, -0.1) is 0 Å². The van der Waals surface area contributed by atoms with Crippen molar-refractivity contribution in [3.8, 4) is 0 Å². The first kappa shape index (κ1) is 18.4. The second-order valence-corrected chi connectivity index (χ2v) is 7.25. The second kappa shape index (κ2) is 8.37. The summed E-state index contributed by atoms with van der Waals surface area (Å²) in [7, 11) is 0. The Morgan fingerprint density at radius 3 is 2.44 bits per heavy atom. The minimum Gasteiger partial charge on any atom is -0.379 e. The predicted molar refractivity (Wildman–Crippen MR) is 104 cm³/mol. The van der Waals surface area contributed by atoms with E-state index in [0.717, 1.165) is 88.6 Å². The molecule has 9 nitrogen and oxygen atoms in total. The molecule has 2 aliphatic heterocycles. The highest BCUT2D eigenvalue weighted by atomic mass is 16.5. The van der Waals surface area contributed by atoms with E-state index in [1.165, 1.54) is 0 Å². The van der Waals surface area contributed by atoms with Crippen LogP contribution in [0, 0.1) is 0 Å². The van der Waals surface area contributed by atoms with Crippen LogP contribution < -0.4 is 10.2 Å². The van der Waals surface area contributed by atoms with E-state index >= 15 is 0 Å². The third kappa shape index (κ3) is 3.99. The van der Waals surface area contributed by atoms with E-state index in [1.54, 1.807) is 6.33 Å². The smallest absolute Gasteiger partial charge is 0.208 e. The molecule has 0 radical (unpaired) electrons. The summed E-state index contributed by atoms with van der Waals surface area (Å²) in [5.41, 5.74) is 1.73. The van der Waals surface area contributed by atoms with Gasteiger partial charge in [0.05, 0.1) is 26.4 Å². The van der Waals surface area contributed by atoms with Crippen LogP contribution in [0.4, 0.5) is 11.8 Å². The standard InChI is InChI=1S/C18H29N7O2/c1-14(2)25-17-15(22-18(25)24-7-11-27-12-8-24)16(20-13-21-17)19-3-4-23-5-9-26-10-6-23/h13-14H,3-12H2,1-2H3,(H,19,20,21). The fraction of sp³-hybridized carbons (Fsp3) is 0.722. The number of nitrogens with zero attached hydrogens (tertiary/aromatic N) is 6. The number of fused-ring (bicyclic) bond motifs is 1. The lowest BCUT2D eigenvalue weighted by Crippen LogP contribution is -2.39. The summed E-state index contributed by atoms with van der Waals surface area (Å²) >= 11 is 0. The Bertz CT molecular complexity index is 751. The van der Waals surface area contributed by atoms with E-state index in [-0.39, 0.29) is 6.04 Å². The maximum Gasteiger partial charge on any atom is 0.208 e. The lowest BCUT2D eigenvalue weighted by Gasteiger charge is -2.29. The van der Waals surface area contributed by atoms with Gasteiger partial charge < -0.3 is 19.7 Å². The highest BCUT2D eigenvalue weighted by Crippen LogP contribution is 2.29. The molecule has 4 rings (SSSR count). The largest absolute Gasteiger partial charge is 0.379 e. The quantitative estimate of drug-likeness (QED) is 0.801. The third-order valence-electron chi connectivity index (χ3n) is 5.09. The Morgan fingerprint density at radius 1 is 1.04 bits per heavy atom. The van der Waals surface area contributed by atoms with Crippen molar-refractivity contribution in [3.05, 3.63) is 6.33 Å². The minimum atomic E-state index is 0.268. The van der Waals surface area contributed by atoms with Crippen LogP contribution in [0.1, 0.15) is 19.9 Å². The Hall–Kier alpha value is -1.97. The molecule has 0 saturated carbocycles. The number of aromatic nitrogens is 4. The van der Waals surface area contributed by atoms with Crippen molar-refractivity contribution in [2.24, 2.45) is 0 Å². The molecule has 0 atom stereocenters. The average Bonchev–Trinajstić information content (AvgIpc) is 3.10. The summed E-state index contributed by atoms with van der Waals surface area (Å²) in [6.07, 6.45) is 1.63. The number of hydrogen-bond acceptors (Lipinski definition) is 8. The van der Waals surface area contributed by atoms with Gasteiger partial charge in [-0.2, -0.15) is 0 Å². The Balaban J connectivity index is 1.56. The van der Waals surface area contributed by atoms with Crippen LogP contribution >= 0.6 is 0 Å². The van der Waals surface area contributed by atoms with Crippen molar-refractivity contribution in [1.82, 2.24) is 24.4 Å². The fourth-order valence-electron chi connectivity index (χ4n) is 3.65. The van der Waals surface area contributed by atoms with Crippen LogP contribution in [0.25, 0.3) is 11.2 Å². The zero-order valence-electron chi connectivity index (χ0n) is 16.2. The predicted octanol–water partition coefficient (Wildman–Crippen LogP) is 0.988. The SMILES string of the molecule is CC(C)n1c(N2CCOCC2)nc2c(NCCN3CCOCC3)ncnc21. The van der Waals surface area contributed by atoms with Crippen LogP contribution in [-0.4, -0.2) is 90.1 Å². The van der Waals surface area contributed by atoms with E-state index in [4.69, 9.17) is 14.5 Å². The minimum absolute atomic E-state index is 0.268. The van der Waals surface area contributed by atoms with Gasteiger partial charge in [0, 0.05) is 45.3 Å². The fourth-order valence-corrected chi connectivity index (χ4v) is 3.65. The lowest BCUT2D eigenvalue weighted by atomic mass is 10.3. The van der Waals surface area contributed by atoms with E-state index < -0.39 is 0 Å². The van der Waals surface area contributed by atoms with Gasteiger partial charge in [0.1, 0.15) is 6.33 Å². The van der Waals surface area contributed by atoms with Gasteiger partial charge in [0.15, 0.2) is 17.0 Å². The highest BCUT2D eigenvalue weighted by Gasteiger charge is 2.23. The summed E-state index contributed by atoms with van der Waals surface area (Å²) in [5, 5.41) is 3.46. The monoisotopic (exact) mass is 375 g/mol. The molecule has 9 heteroatoms. The van der Waals surface area contributed by atoms with Crippen molar-refractivity contribution < 1.29 is 9.47 Å². The van der Waals surface area contributed by atoms with Crippen molar-refractivity contribution in [1.29, 1.82) is 0 Å². The molecule has 148 valence electrons. The zero-order chi connectivity index (χ0) is 18.6. The summed E-state index contributed by atoms with van der Waals surface area (Å²) in [4.78, 5) is 18.6. The van der Waals surface area contributed by atoms with E-state index in [2.05, 4.69) is 43.5 Å². The van der Waals surface area contributed by atoms with Gasteiger partial charge in [-0.3, -0.25) is 9.47 Å². The first-order valence-corrected chi connectivity index (χ1v) is 9.83. The number of morpholine rings is 2. The Morgan fingerprint density at radius 2 is 1.74 bits per heavy atom. The van der Waals surface area contributed by atoms with Crippen LogP contribution in [0.3, 0.4) is 0 Å². The van der Waals surface area contributed by atoms with Crippen molar-refractivity contribution in [2.45, 2.75) is 19.9 Å². The van der Waals surface area contributed by atoms with Gasteiger partial charge in [0.25, 0.3) is 0 Å². The van der Waals surface area contributed by atoms with Gasteiger partial charge in [0.2, 0.25) is 5.95 Å². The Labute approximate surface area is 159 Å². The molecule has 2 aromatic heterocycles. The molecule has 0 unspecified atom stereocenters. The van der Waals surface area contributed by atoms with Crippen LogP contribution in [-0.2, 0) is 9.47 Å². The topological polar surface area (TPSA) is 80.6 Å². The number of imidazole rings is 1. The molecule has 27 heavy (non-hydrogen) atoms. The molecule has 0 spiro atoms. The van der Waals surface area contributed by atoms with Crippen molar-refractivity contribution in [2.75, 3.05) is 75.9 Å². The number of hydrogen-bond donors (Lipinski definition) is 1. The molecule has 0 bridgehead atoms. The average molecular weight is 375 g/mol. The molecule has 0 aromatic carbocycles. The number of rotatable bonds is 6. The molecule has 2 saturated heterocycles. The number of anilines is 2. The van der Waals surface area contributed by atoms with Gasteiger partial charge in [-0.25, -0.2) is 15.0 Å². The second-order valence-electron chi connectivity index (χ2n) is 7.25. The molecule has 0 aliphatic carbocycles. The molecule has 0 amide bonds. The molecular formula is C18H29N7O2. The van der Waals surface area contributed by atoms with Crippen LogP contribution in [0.2, 0.25) is 0 Å². The number of ether oxygens (including phenoxy) is 2. The Kier molecular flexibility index (Phi) is 5.70. The summed E-state index contributed by atoms with van der Waals surface area (Å²) in [6.45, 7) is 12.9. The van der Waals surface area contributed by atoms with E-state index in [1.807, 2.05) is 0 Å². The lowest BCUT2D eigenvalue weighted by molar-refractivity contribution is 0.0398. The molecule has 2 fully saturated rings. The zero-order valence-corrected chi connectivity index (χ0v) is 16.2. The first-order valence-electron chi connectivity index (χ1n) is 9.83. The summed E-state index contributed by atoms with van der Waals surface area (Å²) in [5.74, 6) is 1.77. The maximum atomic E-state index is 5.50. The molecule has 1 N–H and O–H groups in total. The first-order chi connectivity index (χ1) is 13.2. The maximum absolute atomic E-state index is 5.50. The molecule has 4 heterocycles. The number of nitrogens with one attached hydrogen (secondary N) is 1. The van der Waals surface area contributed by atoms with E-state index in [0.29, 0.717) is 0 Å². The molecule has 2 aromatic rings. The van der Waals surface area contributed by atoms with E-state index in [9.17, 15) is 0 Å². The van der Waals surface area contributed by atoms with Crippen molar-refractivity contribution in [3.63, 3.8) is 0 Å². The van der Waals surface area contributed by atoms with Crippen LogP contribution in [0.15, 0.2) is 6.33 Å². The summed E-state index contributed by atoms with van der Waals surface area (Å²) in [6, 6.07) is 0.268. The van der Waals surface area contributed by atoms with Gasteiger partial charge in [-0.1, -0.05) is 0 Å². The van der Waals surface area contributed by atoms with Crippen LogP contribution in [0.5, 0.6) is 0 Å². The molecular weight excluding hydrogens is 346 g/mol.